The van der Waals surface area contributed by atoms with Gasteiger partial charge in [-0.2, -0.15) is 0 Å². The Balaban J connectivity index is 0.00000342. The van der Waals surface area contributed by atoms with Gasteiger partial charge in [0.15, 0.2) is 0 Å². The average molecular weight is 502 g/mol. The minimum absolute atomic E-state index is 0. The lowest BCUT2D eigenvalue weighted by Crippen LogP contribution is -2.46. The fraction of sp³-hybridized carbons (Fsp3) is 0.500. The van der Waals surface area contributed by atoms with E-state index in [2.05, 4.69) is 10.1 Å². The number of halogens is 2. The van der Waals surface area contributed by atoms with Gasteiger partial charge < -0.3 is 15.0 Å². The first-order valence-corrected chi connectivity index (χ1v) is 12.5. The summed E-state index contributed by atoms with van der Waals surface area (Å²) in [5.74, 6) is 0.0195. The molecule has 2 atom stereocenters. The van der Waals surface area contributed by atoms with E-state index in [1.165, 1.54) is 18.9 Å². The maximum atomic E-state index is 14.3. The quantitative estimate of drug-likeness (QED) is 0.298. The fourth-order valence-electron chi connectivity index (χ4n) is 5.68. The molecule has 7 heteroatoms. The number of piperidine rings is 1. The molecule has 1 N–H and O–H groups in total. The zero-order valence-corrected chi connectivity index (χ0v) is 21.8. The molecule has 2 aliphatic heterocycles. The molecule has 5 nitrogen and oxygen atoms in total. The van der Waals surface area contributed by atoms with Gasteiger partial charge in [-0.1, -0.05) is 30.3 Å². The third-order valence-electron chi connectivity index (χ3n) is 7.36. The van der Waals surface area contributed by atoms with Gasteiger partial charge in [-0.05, 0) is 93.4 Å². The highest BCUT2D eigenvalue weighted by Crippen LogP contribution is 2.34. The molecular weight excluding hydrogens is 465 g/mol. The molecule has 0 aromatic heterocycles. The third kappa shape index (κ3) is 6.22. The van der Waals surface area contributed by atoms with Gasteiger partial charge in [-0.25, -0.2) is 4.39 Å². The summed E-state index contributed by atoms with van der Waals surface area (Å²) in [7, 11) is 0. The Morgan fingerprint density at radius 2 is 1.80 bits per heavy atom. The van der Waals surface area contributed by atoms with Crippen molar-refractivity contribution >= 4 is 29.7 Å². The second kappa shape index (κ2) is 12.0. The van der Waals surface area contributed by atoms with E-state index < -0.39 is 0 Å². The minimum Gasteiger partial charge on any atom is -0.411 e. The molecule has 2 aromatic rings. The van der Waals surface area contributed by atoms with Crippen molar-refractivity contribution in [3.05, 3.63) is 64.5 Å². The molecular formula is C28H37ClFN3O2. The largest absolute Gasteiger partial charge is 0.411 e. The first-order chi connectivity index (χ1) is 16.4. The van der Waals surface area contributed by atoms with Gasteiger partial charge in [0.05, 0.1) is 5.71 Å². The number of likely N-dealkylation sites (tertiary alicyclic amines) is 1. The molecule has 0 unspecified atom stereocenters. The predicted molar refractivity (Wildman–Crippen MR) is 142 cm³/mol. The first-order valence-electron chi connectivity index (χ1n) is 12.5. The second-order valence-corrected chi connectivity index (χ2v) is 10.1. The highest BCUT2D eigenvalue weighted by molar-refractivity contribution is 6.02. The molecule has 2 aromatic carbocycles. The number of carbonyl (C=O) groups excluding carboxylic acids is 1. The Morgan fingerprint density at radius 1 is 1.14 bits per heavy atom. The van der Waals surface area contributed by atoms with Crippen LogP contribution in [0.5, 0.6) is 0 Å². The first kappa shape index (κ1) is 27.2. The Morgan fingerprint density at radius 3 is 2.43 bits per heavy atom. The summed E-state index contributed by atoms with van der Waals surface area (Å²) >= 11 is 0. The van der Waals surface area contributed by atoms with Crippen LogP contribution in [0.1, 0.15) is 54.9 Å². The summed E-state index contributed by atoms with van der Waals surface area (Å²) in [6.07, 6.45) is 4.54. The number of hydrogen-bond donors (Lipinski definition) is 1. The Hall–Kier alpha value is -2.44. The van der Waals surface area contributed by atoms with Gasteiger partial charge >= 0.3 is 0 Å². The summed E-state index contributed by atoms with van der Waals surface area (Å²) in [6.45, 7) is 9.68. The molecule has 0 aliphatic carbocycles. The number of rotatable bonds is 7. The van der Waals surface area contributed by atoms with Crippen LogP contribution >= 0.6 is 12.4 Å². The van der Waals surface area contributed by atoms with Gasteiger partial charge in [0.1, 0.15) is 5.82 Å². The van der Waals surface area contributed by atoms with Crippen LogP contribution in [-0.4, -0.2) is 47.9 Å². The smallest absolute Gasteiger partial charge is 0.229 e. The van der Waals surface area contributed by atoms with Crippen LogP contribution in [0.15, 0.2) is 41.6 Å². The second-order valence-electron chi connectivity index (χ2n) is 10.1. The van der Waals surface area contributed by atoms with Crippen molar-refractivity contribution in [1.29, 1.82) is 0 Å². The van der Waals surface area contributed by atoms with E-state index in [9.17, 15) is 14.4 Å². The molecule has 1 amide bonds. The normalized spacial score (nSPS) is 21.3. The molecule has 4 rings (SSSR count). The maximum absolute atomic E-state index is 14.3. The van der Waals surface area contributed by atoms with Crippen molar-refractivity contribution in [2.75, 3.05) is 31.1 Å². The van der Waals surface area contributed by atoms with E-state index in [0.29, 0.717) is 30.7 Å². The number of oxime groups is 1. The Bertz CT molecular complexity index is 1040. The molecule has 2 fully saturated rings. The lowest BCUT2D eigenvalue weighted by Gasteiger charge is -2.38. The van der Waals surface area contributed by atoms with E-state index >= 15 is 0 Å². The van der Waals surface area contributed by atoms with Crippen LogP contribution in [0.3, 0.4) is 0 Å². The van der Waals surface area contributed by atoms with E-state index in [-0.39, 0.29) is 36.0 Å². The molecule has 0 spiro atoms. The monoisotopic (exact) mass is 501 g/mol. The number of benzene rings is 2. The highest BCUT2D eigenvalue weighted by Gasteiger charge is 2.34. The number of aryl methyl sites for hydroxylation is 2. The number of anilines is 1. The van der Waals surface area contributed by atoms with Gasteiger partial charge in [-0.15, -0.1) is 12.4 Å². The van der Waals surface area contributed by atoms with Crippen LogP contribution in [0.4, 0.5) is 10.1 Å². The molecule has 2 saturated heterocycles. The van der Waals surface area contributed by atoms with Gasteiger partial charge in [-0.3, -0.25) is 4.79 Å². The lowest BCUT2D eigenvalue weighted by atomic mass is 9.84. The van der Waals surface area contributed by atoms with E-state index in [4.69, 9.17) is 0 Å². The molecule has 0 bridgehead atoms. The Kier molecular flexibility index (Phi) is 9.31. The van der Waals surface area contributed by atoms with Crippen LogP contribution < -0.4 is 4.90 Å². The number of hydrogen-bond acceptors (Lipinski definition) is 4. The SMILES string of the molecule is Cc1cc(/C(CCN2CCCC2)=N/O)cc(C)c1N1C[C@@H](Cc2ccccc2F)C[C@@H](C)C1=O.Cl. The van der Waals surface area contributed by atoms with Crippen molar-refractivity contribution in [1.82, 2.24) is 4.90 Å². The zero-order chi connectivity index (χ0) is 24.2. The van der Waals surface area contributed by atoms with Crippen molar-refractivity contribution in [3.63, 3.8) is 0 Å². The summed E-state index contributed by atoms with van der Waals surface area (Å²) < 4.78 is 14.3. The summed E-state index contributed by atoms with van der Waals surface area (Å²) in [4.78, 5) is 17.5. The number of nitrogens with zero attached hydrogens (tertiary/aromatic N) is 3. The highest BCUT2D eigenvalue weighted by atomic mass is 35.5. The molecule has 0 saturated carbocycles. The van der Waals surface area contributed by atoms with Crippen molar-refractivity contribution in [2.24, 2.45) is 17.0 Å². The van der Waals surface area contributed by atoms with E-state index in [1.54, 1.807) is 6.07 Å². The summed E-state index contributed by atoms with van der Waals surface area (Å²) in [5, 5.41) is 13.3. The van der Waals surface area contributed by atoms with E-state index in [1.807, 2.05) is 49.9 Å². The third-order valence-corrected chi connectivity index (χ3v) is 7.36. The zero-order valence-electron chi connectivity index (χ0n) is 21.0. The molecule has 2 heterocycles. The van der Waals surface area contributed by atoms with Crippen molar-refractivity contribution in [2.45, 2.75) is 52.9 Å². The lowest BCUT2D eigenvalue weighted by molar-refractivity contribution is -0.124. The van der Waals surface area contributed by atoms with Crippen LogP contribution in [0, 0.1) is 31.5 Å². The average Bonchev–Trinajstić information content (AvgIpc) is 3.32. The summed E-state index contributed by atoms with van der Waals surface area (Å²) in [6, 6.07) is 11.0. The predicted octanol–water partition coefficient (Wildman–Crippen LogP) is 5.76. The van der Waals surface area contributed by atoms with Gasteiger partial charge in [0, 0.05) is 36.7 Å². The number of amides is 1. The van der Waals surface area contributed by atoms with Gasteiger partial charge in [0.25, 0.3) is 0 Å². The van der Waals surface area contributed by atoms with Crippen LogP contribution in [0.2, 0.25) is 0 Å². The molecule has 0 radical (unpaired) electrons. The van der Waals surface area contributed by atoms with Crippen LogP contribution in [-0.2, 0) is 11.2 Å². The molecule has 2 aliphatic rings. The van der Waals surface area contributed by atoms with Gasteiger partial charge in [0.2, 0.25) is 5.91 Å². The fourth-order valence-corrected chi connectivity index (χ4v) is 5.68. The maximum Gasteiger partial charge on any atom is 0.229 e. The van der Waals surface area contributed by atoms with E-state index in [0.717, 1.165) is 48.4 Å². The standard InChI is InChI=1S/C28H36FN3O2.ClH/c1-19-15-24(26(30-34)10-13-31-11-6-7-12-31)16-20(2)27(19)32-18-22(14-21(3)28(32)33)17-23-8-4-5-9-25(23)29;/h4-5,8-9,15-16,21-22,34H,6-7,10-14,17-18H2,1-3H3;1H/b30-26+;/t21-,22-;/m1./s1. The van der Waals surface area contributed by atoms with Crippen molar-refractivity contribution in [3.8, 4) is 0 Å². The topological polar surface area (TPSA) is 56.1 Å². The molecule has 190 valence electrons. The summed E-state index contributed by atoms with van der Waals surface area (Å²) in [5.41, 5.74) is 5.20. The minimum atomic E-state index is -0.180. The molecule has 35 heavy (non-hydrogen) atoms. The van der Waals surface area contributed by atoms with Crippen molar-refractivity contribution < 1.29 is 14.4 Å². The van der Waals surface area contributed by atoms with Crippen LogP contribution in [0.25, 0.3) is 0 Å². The Labute approximate surface area is 214 Å². The number of carbonyl (C=O) groups is 1.